The van der Waals surface area contributed by atoms with Crippen LogP contribution in [0.4, 0.5) is 5.82 Å². The van der Waals surface area contributed by atoms with E-state index >= 15 is 0 Å². The van der Waals surface area contributed by atoms with Crippen molar-refractivity contribution in [1.29, 1.82) is 10.5 Å². The van der Waals surface area contributed by atoms with Crippen molar-refractivity contribution in [1.82, 2.24) is 4.98 Å². The van der Waals surface area contributed by atoms with Gasteiger partial charge in [0.25, 0.3) is 0 Å². The number of ether oxygens (including phenoxy) is 1. The van der Waals surface area contributed by atoms with Crippen LogP contribution in [0.5, 0.6) is 0 Å². The van der Waals surface area contributed by atoms with Gasteiger partial charge in [-0.15, -0.1) is 0 Å². The Morgan fingerprint density at radius 1 is 1.20 bits per heavy atom. The second-order valence-electron chi connectivity index (χ2n) is 8.59. The predicted molar refractivity (Wildman–Crippen MR) is 132 cm³/mol. The third-order valence-corrected chi connectivity index (χ3v) is 7.10. The number of thioether (sulfide) groups is 1. The van der Waals surface area contributed by atoms with E-state index in [1.165, 1.54) is 0 Å². The average molecular weight is 493 g/mol. The minimum atomic E-state index is -0.760. The van der Waals surface area contributed by atoms with Gasteiger partial charge in [-0.1, -0.05) is 62.9 Å². The summed E-state index contributed by atoms with van der Waals surface area (Å²) in [5.41, 5.74) is 13.4. The smallest absolute Gasteiger partial charge is 0.323 e. The van der Waals surface area contributed by atoms with Crippen LogP contribution in [0.25, 0.3) is 0 Å². The fourth-order valence-electron chi connectivity index (χ4n) is 3.73. The number of nitriles is 2. The van der Waals surface area contributed by atoms with Crippen LogP contribution in [0.15, 0.2) is 35.4 Å². The van der Waals surface area contributed by atoms with Gasteiger partial charge < -0.3 is 21.1 Å². The number of rotatable bonds is 9. The summed E-state index contributed by atoms with van der Waals surface area (Å²) in [6.45, 7) is 6.23. The van der Waals surface area contributed by atoms with Gasteiger partial charge in [-0.2, -0.15) is 10.5 Å². The van der Waals surface area contributed by atoms with Crippen LogP contribution in [0, 0.1) is 28.6 Å². The molecule has 1 aliphatic rings. The quantitative estimate of drug-likeness (QED) is 0.396. The van der Waals surface area contributed by atoms with Gasteiger partial charge in [0.1, 0.15) is 40.4 Å². The normalized spacial score (nSPS) is 15.0. The summed E-state index contributed by atoms with van der Waals surface area (Å²) in [4.78, 5) is 30.9. The van der Waals surface area contributed by atoms with E-state index in [-0.39, 0.29) is 17.6 Å². The number of hydrogen-bond acceptors (Lipinski definition) is 9. The van der Waals surface area contributed by atoms with E-state index in [0.29, 0.717) is 47.0 Å². The molecule has 1 aliphatic heterocycles. The van der Waals surface area contributed by atoms with Crippen molar-refractivity contribution in [2.45, 2.75) is 49.6 Å². The zero-order valence-electron chi connectivity index (χ0n) is 19.9. The fourth-order valence-corrected chi connectivity index (χ4v) is 4.79. The molecule has 0 aliphatic carbocycles. The molecule has 0 radical (unpaired) electrons. The summed E-state index contributed by atoms with van der Waals surface area (Å²) in [6.07, 6.45) is 0.0527. The molecule has 2 heterocycles. The number of hydrogen-bond donors (Lipinski definition) is 2. The number of carbonyl (C=O) groups is 2. The molecule has 1 fully saturated rings. The minimum absolute atomic E-state index is 0.0430. The Labute approximate surface area is 209 Å². The Kier molecular flexibility index (Phi) is 8.34. The molecule has 0 spiro atoms. The first kappa shape index (κ1) is 26.0. The van der Waals surface area contributed by atoms with Crippen LogP contribution in [-0.2, 0) is 20.7 Å². The molecule has 0 saturated carbocycles. The van der Waals surface area contributed by atoms with Crippen LogP contribution in [0.1, 0.15) is 48.3 Å². The van der Waals surface area contributed by atoms with Crippen LogP contribution in [0.3, 0.4) is 0 Å². The second-order valence-corrected chi connectivity index (χ2v) is 9.68. The highest BCUT2D eigenvalue weighted by molar-refractivity contribution is 8.00. The molecule has 3 rings (SSSR count). The molecule has 10 heteroatoms. The highest BCUT2D eigenvalue weighted by Gasteiger charge is 2.36. The van der Waals surface area contributed by atoms with Gasteiger partial charge in [0.05, 0.1) is 24.2 Å². The molecule has 2 aromatic rings. The largest absolute Gasteiger partial charge is 0.457 e. The van der Waals surface area contributed by atoms with Crippen molar-refractivity contribution in [3.63, 3.8) is 0 Å². The lowest BCUT2D eigenvalue weighted by atomic mass is 10.0. The molecule has 2 unspecified atom stereocenters. The topological polar surface area (TPSA) is 159 Å². The highest BCUT2D eigenvalue weighted by atomic mass is 32.2. The SMILES string of the molecule is CCc1c(C#N)c(SC(C(N)=O)c2ccccc2)nc(N2CC(OC(=O)C(N)C(C)C)C2)c1C#N. The van der Waals surface area contributed by atoms with Crippen molar-refractivity contribution >= 4 is 29.5 Å². The molecular formula is C25H28N6O3S. The Balaban J connectivity index is 1.93. The molecule has 1 saturated heterocycles. The van der Waals surface area contributed by atoms with E-state index < -0.39 is 23.2 Å². The first-order chi connectivity index (χ1) is 16.7. The molecule has 4 N–H and O–H groups in total. The maximum atomic E-state index is 12.3. The molecule has 1 aromatic carbocycles. The maximum absolute atomic E-state index is 12.3. The second kappa shape index (κ2) is 11.2. The van der Waals surface area contributed by atoms with Crippen molar-refractivity contribution in [2.75, 3.05) is 18.0 Å². The Bertz CT molecular complexity index is 1180. The van der Waals surface area contributed by atoms with E-state index in [1.807, 2.05) is 31.7 Å². The number of esters is 1. The summed E-state index contributed by atoms with van der Waals surface area (Å²) >= 11 is 1.09. The first-order valence-corrected chi connectivity index (χ1v) is 12.2. The van der Waals surface area contributed by atoms with Gasteiger partial charge in [-0.05, 0) is 23.5 Å². The van der Waals surface area contributed by atoms with Crippen molar-refractivity contribution < 1.29 is 14.3 Å². The fraction of sp³-hybridized carbons (Fsp3) is 0.400. The van der Waals surface area contributed by atoms with Gasteiger partial charge in [0.2, 0.25) is 5.91 Å². The van der Waals surface area contributed by atoms with Crippen LogP contribution >= 0.6 is 11.8 Å². The van der Waals surface area contributed by atoms with Crippen LogP contribution in [-0.4, -0.2) is 42.1 Å². The van der Waals surface area contributed by atoms with Crippen LogP contribution < -0.4 is 16.4 Å². The summed E-state index contributed by atoms with van der Waals surface area (Å²) in [5.74, 6) is -0.676. The van der Waals surface area contributed by atoms with Crippen molar-refractivity contribution in [2.24, 2.45) is 17.4 Å². The first-order valence-electron chi connectivity index (χ1n) is 11.3. The lowest BCUT2D eigenvalue weighted by Crippen LogP contribution is -2.55. The Hall–Kier alpha value is -3.60. The number of anilines is 1. The number of aromatic nitrogens is 1. The van der Waals surface area contributed by atoms with Gasteiger partial charge in [-0.25, -0.2) is 4.98 Å². The molecule has 35 heavy (non-hydrogen) atoms. The number of primary amides is 1. The number of nitrogens with zero attached hydrogens (tertiary/aromatic N) is 4. The number of nitrogens with two attached hydrogens (primary N) is 2. The third-order valence-electron chi connectivity index (χ3n) is 5.84. The molecular weight excluding hydrogens is 464 g/mol. The van der Waals surface area contributed by atoms with Gasteiger partial charge >= 0.3 is 5.97 Å². The zero-order valence-corrected chi connectivity index (χ0v) is 20.7. The van der Waals surface area contributed by atoms with E-state index in [4.69, 9.17) is 16.2 Å². The zero-order chi connectivity index (χ0) is 25.7. The lowest BCUT2D eigenvalue weighted by molar-refractivity contribution is -0.152. The molecule has 1 aromatic heterocycles. The third kappa shape index (κ3) is 5.56. The summed E-state index contributed by atoms with van der Waals surface area (Å²) in [6, 6.07) is 12.7. The van der Waals surface area contributed by atoms with Gasteiger partial charge in [0.15, 0.2) is 0 Å². The number of benzene rings is 1. The summed E-state index contributed by atoms with van der Waals surface area (Å²) in [5, 5.41) is 19.4. The summed E-state index contributed by atoms with van der Waals surface area (Å²) < 4.78 is 5.49. The maximum Gasteiger partial charge on any atom is 0.323 e. The number of amides is 1. The van der Waals surface area contributed by atoms with Gasteiger partial charge in [0, 0.05) is 0 Å². The van der Waals surface area contributed by atoms with Crippen molar-refractivity contribution in [3.8, 4) is 12.1 Å². The molecule has 0 bridgehead atoms. The number of pyridine rings is 1. The van der Waals surface area contributed by atoms with E-state index in [0.717, 1.165) is 11.8 Å². The highest BCUT2D eigenvalue weighted by Crippen LogP contribution is 2.40. The Morgan fingerprint density at radius 2 is 1.83 bits per heavy atom. The minimum Gasteiger partial charge on any atom is -0.457 e. The van der Waals surface area contributed by atoms with Crippen molar-refractivity contribution in [3.05, 3.63) is 52.6 Å². The van der Waals surface area contributed by atoms with E-state index in [9.17, 15) is 20.1 Å². The molecule has 182 valence electrons. The van der Waals surface area contributed by atoms with Crippen LogP contribution in [0.2, 0.25) is 0 Å². The molecule has 2 atom stereocenters. The average Bonchev–Trinajstić information content (AvgIpc) is 2.82. The predicted octanol–water partition coefficient (Wildman–Crippen LogP) is 2.42. The Morgan fingerprint density at radius 3 is 2.34 bits per heavy atom. The summed E-state index contributed by atoms with van der Waals surface area (Å²) in [7, 11) is 0. The van der Waals surface area contributed by atoms with E-state index in [1.54, 1.807) is 24.3 Å². The standard InChI is InChI=1S/C25H28N6O3S/c1-4-17-18(10-26)23(31-12-16(13-31)34-25(33)20(28)14(2)3)30-24(19(17)11-27)35-21(22(29)32)15-8-6-5-7-9-15/h5-9,14,16,20-21H,4,12-13,28H2,1-3H3,(H2,29,32). The lowest BCUT2D eigenvalue weighted by Gasteiger charge is -2.40. The molecule has 1 amide bonds. The molecule has 9 nitrogen and oxygen atoms in total. The monoisotopic (exact) mass is 492 g/mol. The van der Waals surface area contributed by atoms with E-state index in [2.05, 4.69) is 17.1 Å². The van der Waals surface area contributed by atoms with Gasteiger partial charge in [-0.3, -0.25) is 9.59 Å². The number of carbonyl (C=O) groups excluding carboxylic acids is 2.